The number of nitrogens with one attached hydrogen (secondary N) is 1. The van der Waals surface area contributed by atoms with Crippen LogP contribution in [0.5, 0.6) is 0 Å². The topological polar surface area (TPSA) is 38.8 Å². The first-order valence-electron chi connectivity index (χ1n) is 9.17. The summed E-state index contributed by atoms with van der Waals surface area (Å²) in [6.45, 7) is 4.55. The lowest BCUT2D eigenvalue weighted by Gasteiger charge is -2.34. The van der Waals surface area contributed by atoms with E-state index in [1.807, 2.05) is 24.3 Å². The number of likely N-dealkylation sites (N-methyl/N-ethyl adjacent to an activating group) is 1. The molecule has 0 radical (unpaired) electrons. The third kappa shape index (κ3) is 3.80. The number of halogens is 1. The molecule has 1 N–H and O–H groups in total. The third-order valence-corrected chi connectivity index (χ3v) is 5.37. The minimum Gasteiger partial charge on any atom is -0.368 e. The van der Waals surface area contributed by atoms with Crippen molar-refractivity contribution in [2.24, 2.45) is 0 Å². The fraction of sp³-hybridized carbons (Fsp3) is 0.286. The number of piperazine rings is 1. The average Bonchev–Trinajstić information content (AvgIpc) is 3.04. The largest absolute Gasteiger partial charge is 0.368 e. The first kappa shape index (κ1) is 17.9. The number of carbonyl (C=O) groups is 1. The Balaban J connectivity index is 1.57. The molecule has 2 aliphatic heterocycles. The van der Waals surface area contributed by atoms with Gasteiger partial charge in [0.15, 0.2) is 0 Å². The monoisotopic (exact) mass is 382 g/mol. The fourth-order valence-electron chi connectivity index (χ4n) is 3.50. The summed E-state index contributed by atoms with van der Waals surface area (Å²) in [7, 11) is 2.15. The van der Waals surface area contributed by atoms with Crippen molar-refractivity contribution in [2.45, 2.75) is 0 Å². The highest BCUT2D eigenvalue weighted by Gasteiger charge is 2.27. The van der Waals surface area contributed by atoms with E-state index >= 15 is 0 Å². The number of rotatable bonds is 3. The van der Waals surface area contributed by atoms with Gasteiger partial charge < -0.3 is 15.1 Å². The number of amides is 1. The molecule has 2 aromatic carbocycles. The van der Waals surface area contributed by atoms with Crippen LogP contribution < -0.4 is 15.1 Å². The van der Waals surface area contributed by atoms with Gasteiger partial charge in [-0.3, -0.25) is 9.69 Å². The van der Waals surface area contributed by atoms with Crippen LogP contribution in [0.15, 0.2) is 54.2 Å². The number of benzene rings is 2. The van der Waals surface area contributed by atoms with E-state index in [0.29, 0.717) is 17.4 Å². The summed E-state index contributed by atoms with van der Waals surface area (Å²) in [6.07, 6.45) is 1.96. The van der Waals surface area contributed by atoms with Crippen molar-refractivity contribution in [3.63, 3.8) is 0 Å². The summed E-state index contributed by atoms with van der Waals surface area (Å²) in [5.41, 5.74) is 3.70. The second-order valence-electron chi connectivity index (χ2n) is 6.95. The first-order valence-corrected chi connectivity index (χ1v) is 9.55. The molecule has 0 aromatic heterocycles. The molecular weight excluding hydrogens is 360 g/mol. The minimum absolute atomic E-state index is 0.0227. The maximum atomic E-state index is 12.9. The Morgan fingerprint density at radius 1 is 1.00 bits per heavy atom. The van der Waals surface area contributed by atoms with E-state index < -0.39 is 0 Å². The van der Waals surface area contributed by atoms with Crippen molar-refractivity contribution in [2.75, 3.05) is 49.7 Å². The molecule has 0 aliphatic carbocycles. The van der Waals surface area contributed by atoms with Gasteiger partial charge in [0, 0.05) is 48.1 Å². The van der Waals surface area contributed by atoms with Crippen molar-refractivity contribution in [3.8, 4) is 0 Å². The molecule has 6 heteroatoms. The Hall–Kier alpha value is -2.50. The van der Waals surface area contributed by atoms with Crippen molar-refractivity contribution >= 4 is 35.0 Å². The van der Waals surface area contributed by atoms with E-state index in [1.165, 1.54) is 5.69 Å². The minimum atomic E-state index is -0.0227. The van der Waals surface area contributed by atoms with Crippen LogP contribution in [-0.4, -0.2) is 50.7 Å². The number of nitrogens with zero attached hydrogens (tertiary/aromatic N) is 3. The van der Waals surface area contributed by atoms with E-state index in [2.05, 4.69) is 40.4 Å². The maximum Gasteiger partial charge on any atom is 0.275 e. The predicted octanol–water partition coefficient (Wildman–Crippen LogP) is 3.03. The summed E-state index contributed by atoms with van der Waals surface area (Å²) < 4.78 is 0. The lowest BCUT2D eigenvalue weighted by Crippen LogP contribution is -2.44. The zero-order valence-electron chi connectivity index (χ0n) is 15.4. The Morgan fingerprint density at radius 2 is 1.70 bits per heavy atom. The molecule has 140 valence electrons. The van der Waals surface area contributed by atoms with Crippen molar-refractivity contribution in [1.29, 1.82) is 0 Å². The van der Waals surface area contributed by atoms with E-state index in [4.69, 9.17) is 11.6 Å². The van der Waals surface area contributed by atoms with Crippen LogP contribution in [0.2, 0.25) is 5.02 Å². The summed E-state index contributed by atoms with van der Waals surface area (Å²) in [5, 5.41) is 3.90. The highest BCUT2D eigenvalue weighted by molar-refractivity contribution is 6.30. The van der Waals surface area contributed by atoms with Crippen LogP contribution in [0.4, 0.5) is 11.4 Å². The van der Waals surface area contributed by atoms with E-state index in [0.717, 1.165) is 37.4 Å². The normalized spacial score (nSPS) is 19.6. The van der Waals surface area contributed by atoms with E-state index in [-0.39, 0.29) is 5.91 Å². The molecule has 27 heavy (non-hydrogen) atoms. The number of hydrogen-bond acceptors (Lipinski definition) is 4. The second kappa shape index (κ2) is 7.62. The smallest absolute Gasteiger partial charge is 0.275 e. The van der Waals surface area contributed by atoms with Gasteiger partial charge in [-0.05, 0) is 43.5 Å². The molecule has 1 amide bonds. The lowest BCUT2D eigenvalue weighted by atomic mass is 10.1. The zero-order valence-corrected chi connectivity index (χ0v) is 16.1. The number of anilines is 2. The van der Waals surface area contributed by atoms with Gasteiger partial charge in [0.1, 0.15) is 5.70 Å². The van der Waals surface area contributed by atoms with Gasteiger partial charge in [0.05, 0.1) is 6.67 Å². The molecule has 0 unspecified atom stereocenters. The van der Waals surface area contributed by atoms with Crippen LogP contribution in [0.1, 0.15) is 5.56 Å². The SMILES string of the molecule is CN1CCN(c2ccccc2C=C2NCN(c3ccc(Cl)cc3)C2=O)CC1. The molecule has 2 saturated heterocycles. The molecule has 2 fully saturated rings. The number of para-hydroxylation sites is 1. The summed E-state index contributed by atoms with van der Waals surface area (Å²) >= 11 is 5.95. The highest BCUT2D eigenvalue weighted by atomic mass is 35.5. The van der Waals surface area contributed by atoms with Crippen LogP contribution in [0, 0.1) is 0 Å². The van der Waals surface area contributed by atoms with Crippen molar-refractivity contribution in [3.05, 3.63) is 64.8 Å². The molecule has 0 bridgehead atoms. The van der Waals surface area contributed by atoms with Crippen molar-refractivity contribution < 1.29 is 4.79 Å². The Kier molecular flexibility index (Phi) is 5.05. The number of hydrogen-bond donors (Lipinski definition) is 1. The van der Waals surface area contributed by atoms with Gasteiger partial charge in [-0.15, -0.1) is 0 Å². The highest BCUT2D eigenvalue weighted by Crippen LogP contribution is 2.27. The van der Waals surface area contributed by atoms with Gasteiger partial charge in [-0.1, -0.05) is 29.8 Å². The molecule has 2 aliphatic rings. The van der Waals surface area contributed by atoms with Crippen LogP contribution in [0.3, 0.4) is 0 Å². The van der Waals surface area contributed by atoms with Gasteiger partial charge in [0.25, 0.3) is 5.91 Å². The van der Waals surface area contributed by atoms with E-state index in [1.54, 1.807) is 17.0 Å². The van der Waals surface area contributed by atoms with Crippen LogP contribution in [0.25, 0.3) is 6.08 Å². The third-order valence-electron chi connectivity index (χ3n) is 5.12. The fourth-order valence-corrected chi connectivity index (χ4v) is 3.63. The standard InChI is InChI=1S/C21H23ClN4O/c1-24-10-12-25(13-11-24)20-5-3-2-4-16(20)14-19-21(27)26(15-23-19)18-8-6-17(22)7-9-18/h2-9,14,23H,10-13,15H2,1H3. The van der Waals surface area contributed by atoms with E-state index in [9.17, 15) is 4.79 Å². The predicted molar refractivity (Wildman–Crippen MR) is 111 cm³/mol. The van der Waals surface area contributed by atoms with Gasteiger partial charge >= 0.3 is 0 Å². The van der Waals surface area contributed by atoms with Gasteiger partial charge in [0.2, 0.25) is 0 Å². The van der Waals surface area contributed by atoms with Crippen LogP contribution in [-0.2, 0) is 4.79 Å². The lowest BCUT2D eigenvalue weighted by molar-refractivity contribution is -0.114. The summed E-state index contributed by atoms with van der Waals surface area (Å²) in [5.74, 6) is -0.0227. The second-order valence-corrected chi connectivity index (χ2v) is 7.39. The molecule has 2 aromatic rings. The van der Waals surface area contributed by atoms with Crippen LogP contribution >= 0.6 is 11.6 Å². The Labute approximate surface area is 164 Å². The molecule has 0 spiro atoms. The van der Waals surface area contributed by atoms with Crippen molar-refractivity contribution in [1.82, 2.24) is 10.2 Å². The maximum absolute atomic E-state index is 12.9. The van der Waals surface area contributed by atoms with Gasteiger partial charge in [-0.25, -0.2) is 0 Å². The molecule has 0 saturated carbocycles. The van der Waals surface area contributed by atoms with Gasteiger partial charge in [-0.2, -0.15) is 0 Å². The molecular formula is C21H23ClN4O. The molecule has 2 heterocycles. The summed E-state index contributed by atoms with van der Waals surface area (Å²) in [4.78, 5) is 19.3. The molecule has 0 atom stereocenters. The summed E-state index contributed by atoms with van der Waals surface area (Å²) in [6, 6.07) is 15.6. The molecule has 4 rings (SSSR count). The quantitative estimate of drug-likeness (QED) is 0.828. The zero-order chi connectivity index (χ0) is 18.8. The molecule has 5 nitrogen and oxygen atoms in total. The average molecular weight is 383 g/mol. The first-order chi connectivity index (χ1) is 13.1. The Morgan fingerprint density at radius 3 is 2.44 bits per heavy atom. The Bertz CT molecular complexity index is 857. The number of carbonyl (C=O) groups excluding carboxylic acids is 1.